The Bertz CT molecular complexity index is 2760. The summed E-state index contributed by atoms with van der Waals surface area (Å²) in [4.78, 5) is 118. The molecule has 23 nitrogen and oxygen atoms in total. The third-order valence-corrected chi connectivity index (χ3v) is 12.9. The summed E-state index contributed by atoms with van der Waals surface area (Å²) in [6.45, 7) is 6.36. The fourth-order valence-corrected chi connectivity index (χ4v) is 8.84. The smallest absolute Gasteiger partial charge is 0.407 e. The number of urea groups is 1. The number of carbonyl (C=O) groups is 8. The molecule has 1 aliphatic carbocycles. The van der Waals surface area contributed by atoms with Gasteiger partial charge in [0, 0.05) is 62.2 Å². The average molecular weight is 1030 g/mol. The summed E-state index contributed by atoms with van der Waals surface area (Å²) in [5, 5.41) is 16.7. The molecule has 2 aromatic carbocycles. The van der Waals surface area contributed by atoms with Gasteiger partial charge in [-0.3, -0.25) is 38.7 Å². The molecule has 4 aromatic rings. The summed E-state index contributed by atoms with van der Waals surface area (Å²) in [6, 6.07) is 11.1. The van der Waals surface area contributed by atoms with E-state index in [1.807, 2.05) is 24.3 Å². The van der Waals surface area contributed by atoms with Gasteiger partial charge in [-0.25, -0.2) is 19.6 Å². The quantitative estimate of drug-likeness (QED) is 0.0389. The van der Waals surface area contributed by atoms with Crippen molar-refractivity contribution in [3.05, 3.63) is 102 Å². The number of pyridine rings is 1. The number of benzene rings is 2. The highest BCUT2D eigenvalue weighted by Crippen LogP contribution is 2.34. The van der Waals surface area contributed by atoms with E-state index in [2.05, 4.69) is 51.8 Å². The molecule has 23 heteroatoms. The molecule has 2 unspecified atom stereocenters. The van der Waals surface area contributed by atoms with Crippen LogP contribution in [0.4, 0.5) is 32.5 Å². The molecular formula is C52H63N13O10. The molecule has 4 heterocycles. The first-order valence-electron chi connectivity index (χ1n) is 25.0. The van der Waals surface area contributed by atoms with E-state index in [0.717, 1.165) is 27.3 Å². The Morgan fingerprint density at radius 1 is 0.880 bits per heavy atom. The number of nitrogens with zero attached hydrogens (tertiary/aromatic N) is 5. The van der Waals surface area contributed by atoms with E-state index in [0.29, 0.717) is 87.5 Å². The zero-order valence-electron chi connectivity index (χ0n) is 41.9. The molecule has 10 N–H and O–H groups in total. The second-order valence-electron chi connectivity index (χ2n) is 18.6. The summed E-state index contributed by atoms with van der Waals surface area (Å²) in [5.41, 5.74) is 16.8. The summed E-state index contributed by atoms with van der Waals surface area (Å²) in [5.74, 6) is -3.07. The van der Waals surface area contributed by atoms with Crippen molar-refractivity contribution < 1.29 is 47.8 Å². The van der Waals surface area contributed by atoms with Crippen LogP contribution in [-0.2, 0) is 46.5 Å². The number of alkyl carbamates (subject to hydrolysis) is 1. The lowest BCUT2D eigenvalue weighted by molar-refractivity contribution is -0.137. The molecule has 1 saturated heterocycles. The van der Waals surface area contributed by atoms with Crippen molar-refractivity contribution in [2.45, 2.75) is 89.9 Å². The second-order valence-corrected chi connectivity index (χ2v) is 18.6. The predicted molar refractivity (Wildman–Crippen MR) is 276 cm³/mol. The molecule has 3 atom stereocenters. The highest BCUT2D eigenvalue weighted by molar-refractivity contribution is 6.13. The molecular weight excluding hydrogens is 967 g/mol. The van der Waals surface area contributed by atoms with Gasteiger partial charge in [0.25, 0.3) is 17.7 Å². The molecule has 2 aromatic heterocycles. The van der Waals surface area contributed by atoms with Gasteiger partial charge >= 0.3 is 12.1 Å². The van der Waals surface area contributed by atoms with E-state index in [9.17, 15) is 38.4 Å². The maximum atomic E-state index is 13.6. The zero-order valence-corrected chi connectivity index (χ0v) is 41.9. The van der Waals surface area contributed by atoms with Gasteiger partial charge in [0.2, 0.25) is 17.7 Å². The minimum Gasteiger partial charge on any atom is -0.445 e. The number of aryl methyl sites for hydroxylation is 1. The first-order chi connectivity index (χ1) is 36.1. The summed E-state index contributed by atoms with van der Waals surface area (Å²) in [7, 11) is 0. The number of ether oxygens (including phenoxy) is 2. The number of anilines is 4. The molecule has 3 aliphatic rings. The van der Waals surface area contributed by atoms with Crippen molar-refractivity contribution in [3.63, 3.8) is 0 Å². The number of amides is 9. The number of nitrogens with one attached hydrogen (secondary N) is 6. The van der Waals surface area contributed by atoms with Crippen LogP contribution in [0.5, 0.6) is 0 Å². The Hall–Kier alpha value is -8.47. The second kappa shape index (κ2) is 26.0. The number of primary amides is 1. The van der Waals surface area contributed by atoms with E-state index < -0.39 is 41.9 Å². The van der Waals surface area contributed by atoms with Crippen LogP contribution in [0, 0.1) is 5.92 Å². The van der Waals surface area contributed by atoms with Crippen molar-refractivity contribution in [1.82, 2.24) is 41.1 Å². The lowest BCUT2D eigenvalue weighted by atomic mass is 10.0. The van der Waals surface area contributed by atoms with Crippen molar-refractivity contribution in [1.29, 1.82) is 0 Å². The molecule has 9 amide bonds. The molecule has 396 valence electrons. The van der Waals surface area contributed by atoms with E-state index in [4.69, 9.17) is 20.9 Å². The third-order valence-electron chi connectivity index (χ3n) is 12.9. The molecule has 0 radical (unpaired) electrons. The Balaban J connectivity index is 0.883. The first-order valence-corrected chi connectivity index (χ1v) is 25.0. The number of hydrogen-bond donors (Lipinski definition) is 8. The highest BCUT2D eigenvalue weighted by Gasteiger charge is 2.30. The largest absolute Gasteiger partial charge is 0.445 e. The Kier molecular flexibility index (Phi) is 18.8. The number of nitrogen functional groups attached to an aromatic ring is 1. The van der Waals surface area contributed by atoms with Gasteiger partial charge in [0.15, 0.2) is 11.5 Å². The van der Waals surface area contributed by atoms with Crippen LogP contribution in [0.1, 0.15) is 92.0 Å². The van der Waals surface area contributed by atoms with E-state index in [-0.39, 0.29) is 73.7 Å². The van der Waals surface area contributed by atoms with Crippen LogP contribution in [0.2, 0.25) is 0 Å². The SMILES string of the molecule is CC(C)C(NC(=O)CCCCCN1C(=O)C=CC1=O)C(=O)N[C@@H](CCCNC(N)=O)C(=O)Nc1ccc(COC(=O)NC2CCc3cc(-c4cnc(N)c(C(=O)Nc5cnccc5N5CCOCC5)n4)ccc32)cc1. The van der Waals surface area contributed by atoms with Crippen LogP contribution < -0.4 is 48.3 Å². The van der Waals surface area contributed by atoms with Crippen LogP contribution in [0.15, 0.2) is 79.3 Å². The van der Waals surface area contributed by atoms with Crippen molar-refractivity contribution in [2.75, 3.05) is 60.7 Å². The van der Waals surface area contributed by atoms with Gasteiger partial charge in [0.1, 0.15) is 18.7 Å². The normalized spacial score (nSPS) is 15.7. The van der Waals surface area contributed by atoms with E-state index in [1.165, 1.54) is 18.3 Å². The summed E-state index contributed by atoms with van der Waals surface area (Å²) in [6.07, 6.45) is 10.00. The van der Waals surface area contributed by atoms with Crippen LogP contribution in [0.25, 0.3) is 11.3 Å². The fraction of sp³-hybridized carbons (Fsp3) is 0.404. The topological polar surface area (TPSA) is 324 Å². The van der Waals surface area contributed by atoms with Gasteiger partial charge in [-0.05, 0) is 85.4 Å². The first kappa shape index (κ1) is 54.3. The number of carbonyl (C=O) groups excluding carboxylic acids is 8. The fourth-order valence-electron chi connectivity index (χ4n) is 8.84. The Morgan fingerprint density at radius 2 is 1.64 bits per heavy atom. The Morgan fingerprint density at radius 3 is 2.37 bits per heavy atom. The van der Waals surface area contributed by atoms with Gasteiger partial charge < -0.3 is 57.7 Å². The number of nitrogens with two attached hydrogens (primary N) is 2. The van der Waals surface area contributed by atoms with Crippen LogP contribution in [-0.4, -0.2) is 119 Å². The number of imide groups is 1. The van der Waals surface area contributed by atoms with Gasteiger partial charge in [0.05, 0.1) is 48.7 Å². The maximum Gasteiger partial charge on any atom is 0.407 e. The minimum atomic E-state index is -1.05. The lowest BCUT2D eigenvalue weighted by Gasteiger charge is -2.30. The third kappa shape index (κ3) is 15.1. The molecule has 75 heavy (non-hydrogen) atoms. The summed E-state index contributed by atoms with van der Waals surface area (Å²) >= 11 is 0. The average Bonchev–Trinajstić information content (AvgIpc) is 3.95. The molecule has 0 saturated carbocycles. The summed E-state index contributed by atoms with van der Waals surface area (Å²) < 4.78 is 11.1. The molecule has 1 fully saturated rings. The van der Waals surface area contributed by atoms with Crippen LogP contribution in [0.3, 0.4) is 0 Å². The Labute approximate surface area is 433 Å². The number of morpholine rings is 1. The zero-order chi connectivity index (χ0) is 53.4. The van der Waals surface area contributed by atoms with Gasteiger partial charge in [-0.1, -0.05) is 44.5 Å². The molecule has 0 spiro atoms. The lowest BCUT2D eigenvalue weighted by Crippen LogP contribution is -2.54. The molecule has 7 rings (SSSR count). The van der Waals surface area contributed by atoms with E-state index >= 15 is 0 Å². The van der Waals surface area contributed by atoms with Crippen molar-refractivity contribution in [2.24, 2.45) is 11.7 Å². The van der Waals surface area contributed by atoms with E-state index in [1.54, 1.807) is 50.5 Å². The minimum absolute atomic E-state index is 0.0218. The number of fused-ring (bicyclic) bond motifs is 1. The monoisotopic (exact) mass is 1030 g/mol. The predicted octanol–water partition coefficient (Wildman–Crippen LogP) is 3.62. The molecule has 0 bridgehead atoms. The number of unbranched alkanes of at least 4 members (excludes halogenated alkanes) is 2. The standard InChI is InChI=1S/C52H63N13O10/c1-31(2)45(63-42(66)8-4-3-5-22-65-43(67)17-18-44(65)68)49(70)60-38(7-6-20-56-51(54)72)48(69)58-35-13-9-32(10-14-35)30-75-52(73)62-37-16-12-33-27-34(11-15-36(33)37)39-29-57-47(53)46(59-39)50(71)61-40-28-55-21-19-41(40)64-23-25-74-26-24-64/h9-11,13-15,17-19,21,27-29,31,37-38,45H,3-8,12,16,20,22-26,30H2,1-2H3,(H2,53,57)(H,58,69)(H,60,70)(H,61,71)(H,62,73)(H,63,66)(H3,54,56,72)/t37?,38-,45?/m0/s1. The number of rotatable bonds is 23. The van der Waals surface area contributed by atoms with Gasteiger partial charge in [-0.15, -0.1) is 0 Å². The maximum absolute atomic E-state index is 13.6. The number of aromatic nitrogens is 3. The van der Waals surface area contributed by atoms with Crippen LogP contribution >= 0.6 is 0 Å². The molecule has 2 aliphatic heterocycles. The van der Waals surface area contributed by atoms with Gasteiger partial charge in [-0.2, -0.15) is 0 Å². The van der Waals surface area contributed by atoms with Crippen molar-refractivity contribution in [3.8, 4) is 11.3 Å². The van der Waals surface area contributed by atoms with Crippen molar-refractivity contribution >= 4 is 70.4 Å². The highest BCUT2D eigenvalue weighted by atomic mass is 16.5. The number of hydrogen-bond acceptors (Lipinski definition) is 15.